The van der Waals surface area contributed by atoms with Crippen LogP contribution in [0.2, 0.25) is 0 Å². The average Bonchev–Trinajstić information content (AvgIpc) is 2.60. The number of halogens is 1. The van der Waals surface area contributed by atoms with Crippen molar-refractivity contribution in [3.8, 4) is 5.75 Å². The van der Waals surface area contributed by atoms with Gasteiger partial charge in [0, 0.05) is 17.7 Å². The van der Waals surface area contributed by atoms with Gasteiger partial charge in [0.25, 0.3) is 5.91 Å². The van der Waals surface area contributed by atoms with Crippen LogP contribution in [0.15, 0.2) is 48.5 Å². The third kappa shape index (κ3) is 5.42. The number of carbonyl (C=O) groups excluding carboxylic acids is 3. The molecule has 2 aromatic carbocycles. The van der Waals surface area contributed by atoms with Gasteiger partial charge in [-0.05, 0) is 55.5 Å². The van der Waals surface area contributed by atoms with E-state index >= 15 is 0 Å². The second-order valence-electron chi connectivity index (χ2n) is 5.06. The number of benzene rings is 2. The Balaban J connectivity index is 1.91. The Morgan fingerprint density at radius 2 is 1.52 bits per heavy atom. The predicted molar refractivity (Wildman–Crippen MR) is 89.0 cm³/mol. The first-order valence-electron chi connectivity index (χ1n) is 7.60. The lowest BCUT2D eigenvalue weighted by atomic mass is 10.0. The van der Waals surface area contributed by atoms with Crippen LogP contribution in [0, 0.1) is 5.82 Å². The van der Waals surface area contributed by atoms with Crippen LogP contribution in [0.4, 0.5) is 9.18 Å². The molecule has 0 bridgehead atoms. The maximum atomic E-state index is 12.9. The smallest absolute Gasteiger partial charge is 0.321 e. The van der Waals surface area contributed by atoms with Crippen molar-refractivity contribution >= 4 is 17.7 Å². The van der Waals surface area contributed by atoms with E-state index < -0.39 is 17.8 Å². The SMILES string of the molecule is CCNC(=O)NC(=O)COc1ccc(C(=O)c2ccc(F)cc2)cc1. The Kier molecular flexibility index (Phi) is 6.22. The molecule has 0 aliphatic carbocycles. The molecule has 130 valence electrons. The molecule has 0 spiro atoms. The van der Waals surface area contributed by atoms with Gasteiger partial charge < -0.3 is 10.1 Å². The van der Waals surface area contributed by atoms with Crippen molar-refractivity contribution in [1.82, 2.24) is 10.6 Å². The Bertz CT molecular complexity index is 758. The van der Waals surface area contributed by atoms with E-state index in [0.717, 1.165) is 0 Å². The van der Waals surface area contributed by atoms with Gasteiger partial charge in [0.15, 0.2) is 12.4 Å². The molecule has 0 radical (unpaired) electrons. The first-order valence-corrected chi connectivity index (χ1v) is 7.60. The number of hydrogen-bond donors (Lipinski definition) is 2. The largest absolute Gasteiger partial charge is 0.484 e. The molecule has 0 atom stereocenters. The molecule has 0 saturated heterocycles. The van der Waals surface area contributed by atoms with Crippen molar-refractivity contribution in [3.05, 3.63) is 65.5 Å². The highest BCUT2D eigenvalue weighted by Crippen LogP contribution is 2.16. The minimum atomic E-state index is -0.587. The van der Waals surface area contributed by atoms with E-state index in [1.165, 1.54) is 36.4 Å². The van der Waals surface area contributed by atoms with E-state index in [1.54, 1.807) is 19.1 Å². The van der Waals surface area contributed by atoms with Gasteiger partial charge in [-0.25, -0.2) is 9.18 Å². The van der Waals surface area contributed by atoms with Crippen molar-refractivity contribution in [2.75, 3.05) is 13.2 Å². The molecule has 0 aromatic heterocycles. The quantitative estimate of drug-likeness (QED) is 0.788. The minimum absolute atomic E-state index is 0.250. The highest BCUT2D eigenvalue weighted by Gasteiger charge is 2.10. The van der Waals surface area contributed by atoms with Crippen molar-refractivity contribution < 1.29 is 23.5 Å². The topological polar surface area (TPSA) is 84.5 Å². The Morgan fingerprint density at radius 3 is 2.08 bits per heavy atom. The molecule has 2 aromatic rings. The summed E-state index contributed by atoms with van der Waals surface area (Å²) in [5.41, 5.74) is 0.780. The number of ether oxygens (including phenoxy) is 1. The molecule has 6 nitrogen and oxygen atoms in total. The first-order chi connectivity index (χ1) is 12.0. The maximum Gasteiger partial charge on any atom is 0.321 e. The van der Waals surface area contributed by atoms with Crippen LogP contribution >= 0.6 is 0 Å². The van der Waals surface area contributed by atoms with Crippen LogP contribution < -0.4 is 15.4 Å². The van der Waals surface area contributed by atoms with Crippen molar-refractivity contribution in [3.63, 3.8) is 0 Å². The molecular formula is C18H17FN2O4. The second-order valence-corrected chi connectivity index (χ2v) is 5.06. The molecule has 2 rings (SSSR count). The summed E-state index contributed by atoms with van der Waals surface area (Å²) < 4.78 is 18.1. The monoisotopic (exact) mass is 344 g/mol. The van der Waals surface area contributed by atoms with Gasteiger partial charge in [0.1, 0.15) is 11.6 Å². The maximum absolute atomic E-state index is 12.9. The third-order valence-electron chi connectivity index (χ3n) is 3.18. The summed E-state index contributed by atoms with van der Waals surface area (Å²) in [5.74, 6) is -0.870. The van der Waals surface area contributed by atoms with Crippen LogP contribution in [-0.2, 0) is 4.79 Å². The standard InChI is InChI=1S/C18H17FN2O4/c1-2-20-18(24)21-16(22)11-25-15-9-5-13(6-10-15)17(23)12-3-7-14(19)8-4-12/h3-10H,2,11H2,1H3,(H2,20,21,22,24). The highest BCUT2D eigenvalue weighted by molar-refractivity contribution is 6.09. The summed E-state index contributed by atoms with van der Waals surface area (Å²) in [5, 5.41) is 4.53. The summed E-state index contributed by atoms with van der Waals surface area (Å²) >= 11 is 0. The number of carbonyl (C=O) groups is 3. The molecule has 0 unspecified atom stereocenters. The van der Waals surface area contributed by atoms with E-state index in [1.807, 2.05) is 0 Å². The van der Waals surface area contributed by atoms with E-state index in [4.69, 9.17) is 4.74 Å². The molecule has 2 N–H and O–H groups in total. The number of hydrogen-bond acceptors (Lipinski definition) is 4. The van der Waals surface area contributed by atoms with Gasteiger partial charge in [0.2, 0.25) is 0 Å². The summed E-state index contributed by atoms with van der Waals surface area (Å²) in [7, 11) is 0. The third-order valence-corrected chi connectivity index (χ3v) is 3.18. The molecule has 0 heterocycles. The number of ketones is 1. The van der Waals surface area contributed by atoms with Crippen LogP contribution in [0.1, 0.15) is 22.8 Å². The fraction of sp³-hybridized carbons (Fsp3) is 0.167. The lowest BCUT2D eigenvalue weighted by Crippen LogP contribution is -2.41. The second kappa shape index (κ2) is 8.58. The minimum Gasteiger partial charge on any atom is -0.484 e. The van der Waals surface area contributed by atoms with Gasteiger partial charge in [0.05, 0.1) is 0 Å². The van der Waals surface area contributed by atoms with E-state index in [0.29, 0.717) is 23.4 Å². The molecule has 0 aliphatic rings. The van der Waals surface area contributed by atoms with Gasteiger partial charge in [-0.15, -0.1) is 0 Å². The van der Waals surface area contributed by atoms with Crippen molar-refractivity contribution in [1.29, 1.82) is 0 Å². The average molecular weight is 344 g/mol. The number of rotatable bonds is 6. The fourth-order valence-electron chi connectivity index (χ4n) is 1.99. The predicted octanol–water partition coefficient (Wildman–Crippen LogP) is 2.28. The highest BCUT2D eigenvalue weighted by atomic mass is 19.1. The molecule has 0 saturated carbocycles. The van der Waals surface area contributed by atoms with E-state index in [-0.39, 0.29) is 12.4 Å². The summed E-state index contributed by atoms with van der Waals surface area (Å²) in [4.78, 5) is 34.9. The number of imide groups is 1. The first kappa shape index (κ1) is 18.1. The van der Waals surface area contributed by atoms with Crippen molar-refractivity contribution in [2.45, 2.75) is 6.92 Å². The molecule has 0 aliphatic heterocycles. The zero-order valence-electron chi connectivity index (χ0n) is 13.5. The van der Waals surface area contributed by atoms with Crippen LogP contribution in [-0.4, -0.2) is 30.9 Å². The zero-order chi connectivity index (χ0) is 18.2. The summed E-state index contributed by atoms with van der Waals surface area (Å²) in [6.07, 6.45) is 0. The molecular weight excluding hydrogens is 327 g/mol. The van der Waals surface area contributed by atoms with Gasteiger partial charge in [-0.2, -0.15) is 0 Å². The normalized spacial score (nSPS) is 10.0. The zero-order valence-corrected chi connectivity index (χ0v) is 13.5. The van der Waals surface area contributed by atoms with E-state index in [9.17, 15) is 18.8 Å². The lowest BCUT2D eigenvalue weighted by molar-refractivity contribution is -0.122. The molecule has 3 amide bonds. The number of urea groups is 1. The van der Waals surface area contributed by atoms with Crippen LogP contribution in [0.5, 0.6) is 5.75 Å². The van der Waals surface area contributed by atoms with Crippen molar-refractivity contribution in [2.24, 2.45) is 0 Å². The Hall–Kier alpha value is -3.22. The Morgan fingerprint density at radius 1 is 0.960 bits per heavy atom. The van der Waals surface area contributed by atoms with Gasteiger partial charge in [-0.3, -0.25) is 14.9 Å². The van der Waals surface area contributed by atoms with Crippen LogP contribution in [0.3, 0.4) is 0 Å². The van der Waals surface area contributed by atoms with Gasteiger partial charge in [-0.1, -0.05) is 0 Å². The summed E-state index contributed by atoms with van der Waals surface area (Å²) in [6, 6.07) is 10.8. The fourth-order valence-corrected chi connectivity index (χ4v) is 1.99. The van der Waals surface area contributed by atoms with Gasteiger partial charge >= 0.3 is 6.03 Å². The number of nitrogens with one attached hydrogen (secondary N) is 2. The van der Waals surface area contributed by atoms with Crippen LogP contribution in [0.25, 0.3) is 0 Å². The molecule has 7 heteroatoms. The van der Waals surface area contributed by atoms with E-state index in [2.05, 4.69) is 10.6 Å². The molecule has 25 heavy (non-hydrogen) atoms. The Labute approximate surface area is 144 Å². The number of amides is 3. The molecule has 0 fully saturated rings. The summed E-state index contributed by atoms with van der Waals surface area (Å²) in [6.45, 7) is 1.81. The lowest BCUT2D eigenvalue weighted by Gasteiger charge is -2.08.